The highest BCUT2D eigenvalue weighted by atomic mass is 32.2. The third-order valence-electron chi connectivity index (χ3n) is 5.79. The van der Waals surface area contributed by atoms with E-state index in [9.17, 15) is 30.4 Å². The van der Waals surface area contributed by atoms with E-state index in [2.05, 4.69) is 25.6 Å². The van der Waals surface area contributed by atoms with Crippen molar-refractivity contribution in [2.45, 2.75) is 43.9 Å². The van der Waals surface area contributed by atoms with Crippen molar-refractivity contribution in [3.8, 4) is 11.3 Å². The molecule has 13 heteroatoms. The lowest BCUT2D eigenvalue weighted by Crippen LogP contribution is -2.44. The summed E-state index contributed by atoms with van der Waals surface area (Å²) in [7, 11) is -4.14. The number of benzene rings is 1. The van der Waals surface area contributed by atoms with Crippen LogP contribution in [0.1, 0.15) is 24.0 Å². The maximum Gasteiger partial charge on any atom is 0.390 e. The van der Waals surface area contributed by atoms with Gasteiger partial charge in [0, 0.05) is 36.7 Å². The Kier molecular flexibility index (Phi) is 7.41. The summed E-state index contributed by atoms with van der Waals surface area (Å²) in [6.07, 6.45) is -5.20. The van der Waals surface area contributed by atoms with Gasteiger partial charge in [0.15, 0.2) is 9.84 Å². The minimum absolute atomic E-state index is 0.155. The Hall–Kier alpha value is -2.93. The van der Waals surface area contributed by atoms with Crippen LogP contribution in [0.3, 0.4) is 0 Å². The third kappa shape index (κ3) is 6.64. The fourth-order valence-electron chi connectivity index (χ4n) is 3.99. The predicted octanol–water partition coefficient (Wildman–Crippen LogP) is 4.12. The van der Waals surface area contributed by atoms with Crippen LogP contribution in [0.2, 0.25) is 0 Å². The first-order valence-corrected chi connectivity index (χ1v) is 13.0. The zero-order valence-electron chi connectivity index (χ0n) is 19.2. The molecule has 2 atom stereocenters. The number of pyridine rings is 1. The van der Waals surface area contributed by atoms with Crippen molar-refractivity contribution in [1.82, 2.24) is 20.3 Å². The van der Waals surface area contributed by atoms with Crippen molar-refractivity contribution in [3.63, 3.8) is 0 Å². The molecule has 3 aromatic rings. The number of piperidine rings is 1. The molecule has 0 bridgehead atoms. The summed E-state index contributed by atoms with van der Waals surface area (Å²) in [6.45, 7) is 2.70. The number of alkyl halides is 4. The molecule has 4 rings (SSSR count). The molecule has 0 unspecified atom stereocenters. The second kappa shape index (κ2) is 10.2. The molecule has 0 amide bonds. The van der Waals surface area contributed by atoms with Crippen LogP contribution in [0.15, 0.2) is 30.5 Å². The summed E-state index contributed by atoms with van der Waals surface area (Å²) in [6, 6.07) is 5.33. The van der Waals surface area contributed by atoms with Gasteiger partial charge in [-0.2, -0.15) is 13.2 Å². The zero-order valence-corrected chi connectivity index (χ0v) is 20.1. The molecule has 194 valence electrons. The Bertz CT molecular complexity index is 1370. The molecule has 36 heavy (non-hydrogen) atoms. The first-order valence-electron chi connectivity index (χ1n) is 11.2. The Labute approximate surface area is 204 Å². The van der Waals surface area contributed by atoms with Gasteiger partial charge in [0.25, 0.3) is 0 Å². The van der Waals surface area contributed by atoms with E-state index < -0.39 is 45.9 Å². The number of aryl methyl sites for hydroxylation is 1. The summed E-state index contributed by atoms with van der Waals surface area (Å²) in [5.41, 5.74) is 2.27. The van der Waals surface area contributed by atoms with E-state index in [4.69, 9.17) is 0 Å². The van der Waals surface area contributed by atoms with E-state index in [0.29, 0.717) is 47.7 Å². The number of nitrogens with zero attached hydrogens (tertiary/aromatic N) is 3. The predicted molar refractivity (Wildman–Crippen MR) is 125 cm³/mol. The van der Waals surface area contributed by atoms with E-state index in [1.54, 1.807) is 13.0 Å². The molecule has 1 fully saturated rings. The quantitative estimate of drug-likeness (QED) is 0.445. The molecule has 0 radical (unpaired) electrons. The van der Waals surface area contributed by atoms with E-state index >= 15 is 0 Å². The first-order chi connectivity index (χ1) is 16.9. The number of hydrogen-bond donors (Lipinski definition) is 2. The average molecular weight is 530 g/mol. The number of halogens is 5. The van der Waals surface area contributed by atoms with Gasteiger partial charge < -0.3 is 10.6 Å². The average Bonchev–Trinajstić information content (AvgIpc) is 2.79. The Morgan fingerprint density at radius 2 is 1.94 bits per heavy atom. The van der Waals surface area contributed by atoms with Crippen LogP contribution in [-0.4, -0.2) is 60.6 Å². The van der Waals surface area contributed by atoms with Gasteiger partial charge >= 0.3 is 6.18 Å². The van der Waals surface area contributed by atoms with Crippen LogP contribution >= 0.6 is 0 Å². The topological polar surface area (TPSA) is 96.9 Å². The van der Waals surface area contributed by atoms with Gasteiger partial charge in [0.2, 0.25) is 5.95 Å². The molecule has 0 aliphatic carbocycles. The van der Waals surface area contributed by atoms with Crippen molar-refractivity contribution in [3.05, 3.63) is 47.4 Å². The zero-order chi connectivity index (χ0) is 26.1. The van der Waals surface area contributed by atoms with Crippen LogP contribution in [0, 0.1) is 12.7 Å². The molecule has 1 aromatic carbocycles. The number of rotatable bonds is 7. The van der Waals surface area contributed by atoms with Gasteiger partial charge in [-0.25, -0.2) is 32.2 Å². The third-order valence-corrected chi connectivity index (χ3v) is 7.36. The van der Waals surface area contributed by atoms with Crippen LogP contribution in [-0.2, 0) is 15.6 Å². The number of aromatic nitrogens is 3. The summed E-state index contributed by atoms with van der Waals surface area (Å²) in [5, 5.41) is 6.11. The number of nitrogens with one attached hydrogen (secondary N) is 2. The summed E-state index contributed by atoms with van der Waals surface area (Å²) in [4.78, 5) is 13.2. The van der Waals surface area contributed by atoms with E-state index in [0.717, 1.165) is 11.6 Å². The summed E-state index contributed by atoms with van der Waals surface area (Å²) < 4.78 is 89.4. The lowest BCUT2D eigenvalue weighted by atomic mass is 10.1. The summed E-state index contributed by atoms with van der Waals surface area (Å²) in [5.74, 6) is -2.46. The van der Waals surface area contributed by atoms with E-state index in [1.165, 1.54) is 18.3 Å². The molecule has 2 aromatic heterocycles. The molecular formula is C23H24F5N5O2S. The van der Waals surface area contributed by atoms with Gasteiger partial charge in [-0.1, -0.05) is 12.1 Å². The van der Waals surface area contributed by atoms with Crippen molar-refractivity contribution in [2.24, 2.45) is 0 Å². The Morgan fingerprint density at radius 3 is 2.64 bits per heavy atom. The maximum atomic E-state index is 14.7. The Morgan fingerprint density at radius 1 is 1.17 bits per heavy atom. The number of anilines is 1. The Balaban J connectivity index is 1.53. The first kappa shape index (κ1) is 26.1. The van der Waals surface area contributed by atoms with Crippen molar-refractivity contribution in [1.29, 1.82) is 0 Å². The molecule has 1 saturated heterocycles. The molecule has 7 nitrogen and oxygen atoms in total. The van der Waals surface area contributed by atoms with Gasteiger partial charge in [-0.3, -0.25) is 0 Å². The highest BCUT2D eigenvalue weighted by Gasteiger charge is 2.30. The maximum absolute atomic E-state index is 14.7. The highest BCUT2D eigenvalue weighted by Crippen LogP contribution is 2.27. The standard InChI is InChI=1S/C23H24F5N5O2S/c1-13-6-19(14-2-3-15(18(25)7-14)12-36(34,35)5-4-23(26,27)28)32-20-11-30-22(33-21(13)20)31-17-8-16(24)9-29-10-17/h2-3,6-7,11,16-17,29H,4-5,8-10,12H2,1H3,(H,30,31,33)/t16-,17-/m0/s1. The highest BCUT2D eigenvalue weighted by molar-refractivity contribution is 7.90. The fourth-order valence-corrected chi connectivity index (χ4v) is 5.38. The largest absolute Gasteiger partial charge is 0.390 e. The molecule has 1 aliphatic heterocycles. The van der Waals surface area contributed by atoms with E-state index in [-0.39, 0.29) is 11.6 Å². The van der Waals surface area contributed by atoms with Crippen LogP contribution < -0.4 is 10.6 Å². The van der Waals surface area contributed by atoms with Crippen molar-refractivity contribution >= 4 is 26.8 Å². The lowest BCUT2D eigenvalue weighted by molar-refractivity contribution is -0.129. The normalized spacial score (nSPS) is 18.9. The van der Waals surface area contributed by atoms with Crippen LogP contribution in [0.4, 0.5) is 27.9 Å². The molecular weight excluding hydrogens is 505 g/mol. The fraction of sp³-hybridized carbons (Fsp3) is 0.435. The van der Waals surface area contributed by atoms with Crippen molar-refractivity contribution < 1.29 is 30.4 Å². The summed E-state index contributed by atoms with van der Waals surface area (Å²) >= 11 is 0. The second-order valence-corrected chi connectivity index (χ2v) is 11.0. The SMILES string of the molecule is Cc1cc(-c2ccc(CS(=O)(=O)CCC(F)(F)F)c(F)c2)nc2cnc(N[C@@H]3CNC[C@@H](F)C3)nc12. The molecule has 0 saturated carbocycles. The van der Waals surface area contributed by atoms with Crippen LogP contribution in [0.5, 0.6) is 0 Å². The lowest BCUT2D eigenvalue weighted by Gasteiger charge is -2.26. The van der Waals surface area contributed by atoms with Crippen LogP contribution in [0.25, 0.3) is 22.3 Å². The molecule has 0 spiro atoms. The second-order valence-electron chi connectivity index (χ2n) is 8.85. The van der Waals surface area contributed by atoms with Gasteiger partial charge in [0.1, 0.15) is 17.5 Å². The molecule has 1 aliphatic rings. The minimum atomic E-state index is -4.61. The smallest absolute Gasteiger partial charge is 0.350 e. The molecule has 2 N–H and O–H groups in total. The minimum Gasteiger partial charge on any atom is -0.350 e. The van der Waals surface area contributed by atoms with E-state index in [1.807, 2.05) is 0 Å². The number of fused-ring (bicyclic) bond motifs is 1. The molecule has 3 heterocycles. The van der Waals surface area contributed by atoms with Gasteiger partial charge in [0.05, 0.1) is 35.3 Å². The number of hydrogen-bond acceptors (Lipinski definition) is 7. The number of sulfone groups is 1. The van der Waals surface area contributed by atoms with Gasteiger partial charge in [-0.15, -0.1) is 0 Å². The van der Waals surface area contributed by atoms with Crippen molar-refractivity contribution in [2.75, 3.05) is 24.2 Å². The monoisotopic (exact) mass is 529 g/mol. The van der Waals surface area contributed by atoms with Gasteiger partial charge in [-0.05, 0) is 24.6 Å².